The molecule has 0 N–H and O–H groups in total. The Bertz CT molecular complexity index is 508. The van der Waals surface area contributed by atoms with Gasteiger partial charge in [0.15, 0.2) is 5.82 Å². The van der Waals surface area contributed by atoms with Crippen LogP contribution in [0.2, 0.25) is 0 Å². The second-order valence-corrected chi connectivity index (χ2v) is 4.97. The summed E-state index contributed by atoms with van der Waals surface area (Å²) in [5.41, 5.74) is 2.34. The molecule has 2 heterocycles. The van der Waals surface area contributed by atoms with E-state index in [2.05, 4.69) is 35.2 Å². The number of pyridine rings is 1. The molecule has 0 radical (unpaired) electrons. The molecule has 0 aromatic carbocycles. The Morgan fingerprint density at radius 1 is 1.29 bits per heavy atom. The fourth-order valence-corrected chi connectivity index (χ4v) is 1.83. The van der Waals surface area contributed by atoms with Gasteiger partial charge in [-0.3, -0.25) is 0 Å². The summed E-state index contributed by atoms with van der Waals surface area (Å²) in [5, 5.41) is 8.31. The minimum absolute atomic E-state index is 0.509. The van der Waals surface area contributed by atoms with Gasteiger partial charge in [-0.2, -0.15) is 0 Å². The summed E-state index contributed by atoms with van der Waals surface area (Å²) >= 11 is 0. The smallest absolute Gasteiger partial charge is 0.155 e. The van der Waals surface area contributed by atoms with Crippen molar-refractivity contribution in [1.29, 1.82) is 0 Å². The van der Waals surface area contributed by atoms with Gasteiger partial charge in [0.1, 0.15) is 0 Å². The molecule has 4 nitrogen and oxygen atoms in total. The van der Waals surface area contributed by atoms with Crippen LogP contribution in [0.5, 0.6) is 0 Å². The van der Waals surface area contributed by atoms with E-state index in [1.165, 1.54) is 18.4 Å². The van der Waals surface area contributed by atoms with Crippen molar-refractivity contribution in [2.75, 3.05) is 0 Å². The lowest BCUT2D eigenvalue weighted by atomic mass is 10.1. The molecule has 4 heteroatoms. The van der Waals surface area contributed by atoms with Gasteiger partial charge in [-0.1, -0.05) is 25.1 Å². The highest BCUT2D eigenvalue weighted by atomic mass is 15.4. The highest BCUT2D eigenvalue weighted by Gasteiger charge is 2.26. The van der Waals surface area contributed by atoms with E-state index in [1.807, 2.05) is 18.5 Å². The van der Waals surface area contributed by atoms with Gasteiger partial charge in [-0.05, 0) is 30.4 Å². The molecule has 0 unspecified atom stereocenters. The second kappa shape index (κ2) is 3.95. The zero-order valence-corrected chi connectivity index (χ0v) is 10.2. The van der Waals surface area contributed by atoms with Crippen LogP contribution < -0.4 is 0 Å². The van der Waals surface area contributed by atoms with E-state index in [1.54, 1.807) is 4.68 Å². The third kappa shape index (κ3) is 2.07. The van der Waals surface area contributed by atoms with Gasteiger partial charge in [-0.15, -0.1) is 5.10 Å². The Morgan fingerprint density at radius 3 is 2.71 bits per heavy atom. The molecular weight excluding hydrogens is 212 g/mol. The molecule has 0 bridgehead atoms. The monoisotopic (exact) mass is 228 g/mol. The normalized spacial score (nSPS) is 15.5. The topological polar surface area (TPSA) is 43.6 Å². The zero-order chi connectivity index (χ0) is 11.8. The lowest BCUT2D eigenvalue weighted by Gasteiger charge is -2.05. The summed E-state index contributed by atoms with van der Waals surface area (Å²) in [5.74, 6) is 1.99. The fraction of sp³-hybridized carbons (Fsp3) is 0.462. The maximum Gasteiger partial charge on any atom is 0.155 e. The van der Waals surface area contributed by atoms with Crippen LogP contribution in [0, 0.1) is 0 Å². The van der Waals surface area contributed by atoms with E-state index in [4.69, 9.17) is 0 Å². The highest BCUT2D eigenvalue weighted by Crippen LogP contribution is 2.38. The molecule has 1 fully saturated rings. The van der Waals surface area contributed by atoms with E-state index in [0.29, 0.717) is 11.8 Å². The van der Waals surface area contributed by atoms with Crippen LogP contribution in [0.15, 0.2) is 24.5 Å². The third-order valence-corrected chi connectivity index (χ3v) is 3.18. The molecule has 0 spiro atoms. The molecule has 2 aromatic rings. The van der Waals surface area contributed by atoms with E-state index >= 15 is 0 Å². The molecule has 0 atom stereocenters. The number of hydrogen-bond donors (Lipinski definition) is 0. The Labute approximate surface area is 101 Å². The molecule has 0 amide bonds. The Balaban J connectivity index is 1.86. The molecule has 0 aliphatic heterocycles. The van der Waals surface area contributed by atoms with Gasteiger partial charge < -0.3 is 0 Å². The predicted octanol–water partition coefficient (Wildman–Crippen LogP) is 2.66. The number of aromatic nitrogens is 4. The molecule has 1 aliphatic rings. The van der Waals surface area contributed by atoms with Crippen molar-refractivity contribution >= 4 is 0 Å². The van der Waals surface area contributed by atoms with Crippen molar-refractivity contribution in [3.63, 3.8) is 0 Å². The van der Waals surface area contributed by atoms with E-state index in [-0.39, 0.29) is 0 Å². The third-order valence-electron chi connectivity index (χ3n) is 3.18. The average Bonchev–Trinajstić information content (AvgIpc) is 3.07. The molecule has 1 aliphatic carbocycles. The quantitative estimate of drug-likeness (QED) is 0.811. The van der Waals surface area contributed by atoms with Crippen LogP contribution in [0.3, 0.4) is 0 Å². The summed E-state index contributed by atoms with van der Waals surface area (Å²) in [7, 11) is 0. The second-order valence-electron chi connectivity index (χ2n) is 4.97. The molecular formula is C13H16N4. The molecule has 2 aromatic heterocycles. The summed E-state index contributed by atoms with van der Waals surface area (Å²) in [6.07, 6.45) is 6.41. The fourth-order valence-electron chi connectivity index (χ4n) is 1.83. The van der Waals surface area contributed by atoms with Crippen molar-refractivity contribution in [3.05, 3.63) is 35.8 Å². The minimum Gasteiger partial charge on any atom is -0.237 e. The molecule has 0 saturated heterocycles. The summed E-state index contributed by atoms with van der Waals surface area (Å²) in [4.78, 5) is 4.42. The number of hydrogen-bond acceptors (Lipinski definition) is 3. The van der Waals surface area contributed by atoms with E-state index in [0.717, 1.165) is 11.5 Å². The van der Waals surface area contributed by atoms with Crippen molar-refractivity contribution in [2.24, 2.45) is 0 Å². The molecule has 88 valence electrons. The number of rotatable bonds is 3. The van der Waals surface area contributed by atoms with Gasteiger partial charge in [0.25, 0.3) is 0 Å². The average molecular weight is 228 g/mol. The standard InChI is InChI=1S/C13H16N4/c1-9(2)11-5-6-13(14-7-11)17-8-12(15-16-17)10-3-4-10/h5-10H,3-4H2,1-2H3. The zero-order valence-electron chi connectivity index (χ0n) is 10.2. The summed E-state index contributed by atoms with van der Waals surface area (Å²) in [6, 6.07) is 4.10. The van der Waals surface area contributed by atoms with Gasteiger partial charge >= 0.3 is 0 Å². The van der Waals surface area contributed by atoms with Crippen LogP contribution >= 0.6 is 0 Å². The van der Waals surface area contributed by atoms with Crippen molar-refractivity contribution in [3.8, 4) is 5.82 Å². The van der Waals surface area contributed by atoms with E-state index in [9.17, 15) is 0 Å². The lowest BCUT2D eigenvalue weighted by Crippen LogP contribution is -1.99. The van der Waals surface area contributed by atoms with Gasteiger partial charge in [0.05, 0.1) is 11.9 Å². The van der Waals surface area contributed by atoms with Crippen LogP contribution in [-0.2, 0) is 0 Å². The Kier molecular flexibility index (Phi) is 2.42. The first kappa shape index (κ1) is 10.4. The van der Waals surface area contributed by atoms with Crippen LogP contribution in [0.25, 0.3) is 5.82 Å². The first-order chi connectivity index (χ1) is 8.24. The first-order valence-electron chi connectivity index (χ1n) is 6.12. The molecule has 1 saturated carbocycles. The van der Waals surface area contributed by atoms with E-state index < -0.39 is 0 Å². The number of nitrogens with zero attached hydrogens (tertiary/aromatic N) is 4. The predicted molar refractivity (Wildman–Crippen MR) is 65.2 cm³/mol. The van der Waals surface area contributed by atoms with Gasteiger partial charge in [0.2, 0.25) is 0 Å². The molecule has 17 heavy (non-hydrogen) atoms. The van der Waals surface area contributed by atoms with Gasteiger partial charge in [-0.25, -0.2) is 9.67 Å². The highest BCUT2D eigenvalue weighted by molar-refractivity contribution is 5.26. The Hall–Kier alpha value is -1.71. The minimum atomic E-state index is 0.509. The maximum atomic E-state index is 4.42. The van der Waals surface area contributed by atoms with Crippen LogP contribution in [-0.4, -0.2) is 20.0 Å². The molecule has 3 rings (SSSR count). The van der Waals surface area contributed by atoms with Crippen molar-refractivity contribution < 1.29 is 0 Å². The summed E-state index contributed by atoms with van der Waals surface area (Å²) < 4.78 is 1.76. The van der Waals surface area contributed by atoms with Crippen LogP contribution in [0.4, 0.5) is 0 Å². The van der Waals surface area contributed by atoms with Crippen LogP contribution in [0.1, 0.15) is 49.8 Å². The van der Waals surface area contributed by atoms with Crippen molar-refractivity contribution in [1.82, 2.24) is 20.0 Å². The van der Waals surface area contributed by atoms with Gasteiger partial charge in [0, 0.05) is 12.1 Å². The largest absolute Gasteiger partial charge is 0.237 e. The maximum absolute atomic E-state index is 4.42. The SMILES string of the molecule is CC(C)c1ccc(-n2cc(C3CC3)nn2)nc1. The lowest BCUT2D eigenvalue weighted by molar-refractivity contribution is 0.771. The summed E-state index contributed by atoms with van der Waals surface area (Å²) in [6.45, 7) is 4.33. The Morgan fingerprint density at radius 2 is 2.12 bits per heavy atom. The first-order valence-corrected chi connectivity index (χ1v) is 6.12. The van der Waals surface area contributed by atoms with Crippen molar-refractivity contribution in [2.45, 2.75) is 38.5 Å².